The van der Waals surface area contributed by atoms with Gasteiger partial charge in [-0.25, -0.2) is 9.67 Å². The third kappa shape index (κ3) is 2.19. The van der Waals surface area contributed by atoms with Crippen molar-refractivity contribution in [3.63, 3.8) is 0 Å². The van der Waals surface area contributed by atoms with Crippen LogP contribution >= 0.6 is 0 Å². The van der Waals surface area contributed by atoms with Gasteiger partial charge in [0.25, 0.3) is 0 Å². The first-order valence-corrected chi connectivity index (χ1v) is 6.49. The number of hydrogen-bond acceptors (Lipinski definition) is 3. The summed E-state index contributed by atoms with van der Waals surface area (Å²) in [5.74, 6) is 0.983. The molecular formula is C14H17N5. The molecule has 0 saturated carbocycles. The Bertz CT molecular complexity index is 695. The summed E-state index contributed by atoms with van der Waals surface area (Å²) < 4.78 is 4.13. The molecule has 98 valence electrons. The Morgan fingerprint density at radius 3 is 3.00 bits per heavy atom. The Morgan fingerprint density at radius 1 is 1.26 bits per heavy atom. The van der Waals surface area contributed by atoms with Gasteiger partial charge in [0.05, 0.1) is 6.54 Å². The zero-order chi connectivity index (χ0) is 13.2. The number of aromatic nitrogens is 4. The molecule has 0 aliphatic rings. The lowest BCUT2D eigenvalue weighted by atomic mass is 10.2. The minimum atomic E-state index is 0.730. The van der Waals surface area contributed by atoms with Crippen LogP contribution in [0.15, 0.2) is 36.8 Å². The third-order valence-electron chi connectivity index (χ3n) is 3.24. The van der Waals surface area contributed by atoms with Gasteiger partial charge >= 0.3 is 0 Å². The number of nitrogens with zero attached hydrogens (tertiary/aromatic N) is 4. The van der Waals surface area contributed by atoms with Crippen LogP contribution in [0.5, 0.6) is 0 Å². The Morgan fingerprint density at radius 2 is 2.16 bits per heavy atom. The smallest absolute Gasteiger partial charge is 0.146 e. The Balaban J connectivity index is 1.94. The first-order chi connectivity index (χ1) is 9.28. The molecule has 19 heavy (non-hydrogen) atoms. The average Bonchev–Trinajstić information content (AvgIpc) is 2.98. The molecule has 2 N–H and O–H groups in total. The molecule has 1 aromatic carbocycles. The van der Waals surface area contributed by atoms with E-state index >= 15 is 0 Å². The lowest BCUT2D eigenvalue weighted by molar-refractivity contribution is 0.557. The highest BCUT2D eigenvalue weighted by atomic mass is 15.3. The van der Waals surface area contributed by atoms with Crippen LogP contribution in [0.2, 0.25) is 0 Å². The van der Waals surface area contributed by atoms with E-state index in [2.05, 4.69) is 33.8 Å². The molecule has 0 saturated heterocycles. The van der Waals surface area contributed by atoms with E-state index in [1.54, 1.807) is 6.33 Å². The highest BCUT2D eigenvalue weighted by Crippen LogP contribution is 2.19. The average molecular weight is 255 g/mol. The quantitative estimate of drug-likeness (QED) is 0.727. The molecule has 0 spiro atoms. The van der Waals surface area contributed by atoms with E-state index in [4.69, 9.17) is 5.73 Å². The molecule has 2 aromatic heterocycles. The van der Waals surface area contributed by atoms with Gasteiger partial charge in [-0.05, 0) is 30.7 Å². The number of hydrogen-bond donors (Lipinski definition) is 1. The van der Waals surface area contributed by atoms with Crippen molar-refractivity contribution in [1.29, 1.82) is 0 Å². The SMILES string of the molecule is CCCn1ncnc1Cn1ccc2cc(N)ccc21. The minimum Gasteiger partial charge on any atom is -0.399 e. The number of rotatable bonds is 4. The maximum atomic E-state index is 5.80. The largest absolute Gasteiger partial charge is 0.399 e. The van der Waals surface area contributed by atoms with Gasteiger partial charge < -0.3 is 10.3 Å². The molecule has 3 aromatic rings. The molecule has 5 heteroatoms. The second-order valence-corrected chi connectivity index (χ2v) is 4.66. The summed E-state index contributed by atoms with van der Waals surface area (Å²) in [6.07, 6.45) is 4.74. The highest BCUT2D eigenvalue weighted by Gasteiger charge is 2.07. The minimum absolute atomic E-state index is 0.730. The van der Waals surface area contributed by atoms with Crippen molar-refractivity contribution in [2.45, 2.75) is 26.4 Å². The van der Waals surface area contributed by atoms with Gasteiger partial charge in [0.2, 0.25) is 0 Å². The standard InChI is InChI=1S/C14H17N5/c1-2-6-19-14(16-10-17-19)9-18-7-5-11-8-12(15)3-4-13(11)18/h3-5,7-8,10H,2,6,9,15H2,1H3. The Kier molecular flexibility index (Phi) is 2.95. The summed E-state index contributed by atoms with van der Waals surface area (Å²) in [5.41, 5.74) is 7.76. The van der Waals surface area contributed by atoms with E-state index < -0.39 is 0 Å². The molecule has 0 aliphatic carbocycles. The molecule has 0 bridgehead atoms. The van der Waals surface area contributed by atoms with Crippen LogP contribution in [0.1, 0.15) is 19.2 Å². The van der Waals surface area contributed by atoms with Crippen LogP contribution in [0.4, 0.5) is 5.69 Å². The summed E-state index contributed by atoms with van der Waals surface area (Å²) in [5, 5.41) is 5.41. The lowest BCUT2D eigenvalue weighted by Crippen LogP contribution is -2.09. The van der Waals surface area contributed by atoms with Gasteiger partial charge in [0, 0.05) is 29.3 Å². The molecule has 0 atom stereocenters. The van der Waals surface area contributed by atoms with E-state index in [0.717, 1.165) is 36.4 Å². The number of nitrogen functional groups attached to an aromatic ring is 1. The monoisotopic (exact) mass is 255 g/mol. The van der Waals surface area contributed by atoms with Gasteiger partial charge in [0.1, 0.15) is 12.2 Å². The van der Waals surface area contributed by atoms with Crippen LogP contribution in [0.3, 0.4) is 0 Å². The summed E-state index contributed by atoms with van der Waals surface area (Å²) in [7, 11) is 0. The summed E-state index contributed by atoms with van der Waals surface area (Å²) >= 11 is 0. The Labute approximate surface area is 111 Å². The van der Waals surface area contributed by atoms with E-state index in [-0.39, 0.29) is 0 Å². The topological polar surface area (TPSA) is 61.7 Å². The van der Waals surface area contributed by atoms with Crippen molar-refractivity contribution in [3.05, 3.63) is 42.6 Å². The third-order valence-corrected chi connectivity index (χ3v) is 3.24. The summed E-state index contributed by atoms with van der Waals surface area (Å²) in [6.45, 7) is 3.77. The van der Waals surface area contributed by atoms with Gasteiger partial charge in [-0.1, -0.05) is 6.92 Å². The first-order valence-electron chi connectivity index (χ1n) is 6.49. The molecule has 0 aliphatic heterocycles. The van der Waals surface area contributed by atoms with Crippen molar-refractivity contribution in [1.82, 2.24) is 19.3 Å². The molecule has 0 unspecified atom stereocenters. The van der Waals surface area contributed by atoms with Crippen LogP contribution in [-0.2, 0) is 13.1 Å². The summed E-state index contributed by atoms with van der Waals surface area (Å²) in [4.78, 5) is 4.34. The van der Waals surface area contributed by atoms with Crippen molar-refractivity contribution in [3.8, 4) is 0 Å². The van der Waals surface area contributed by atoms with E-state index in [1.165, 1.54) is 5.52 Å². The van der Waals surface area contributed by atoms with Crippen LogP contribution in [-0.4, -0.2) is 19.3 Å². The predicted molar refractivity (Wildman–Crippen MR) is 75.8 cm³/mol. The zero-order valence-corrected chi connectivity index (χ0v) is 11.0. The van der Waals surface area contributed by atoms with Crippen molar-refractivity contribution in [2.75, 3.05) is 5.73 Å². The van der Waals surface area contributed by atoms with Crippen molar-refractivity contribution < 1.29 is 0 Å². The first kappa shape index (κ1) is 11.8. The normalized spacial score (nSPS) is 11.2. The second kappa shape index (κ2) is 4.76. The van der Waals surface area contributed by atoms with E-state index in [0.29, 0.717) is 0 Å². The molecule has 0 amide bonds. The zero-order valence-electron chi connectivity index (χ0n) is 11.0. The van der Waals surface area contributed by atoms with Crippen LogP contribution in [0.25, 0.3) is 10.9 Å². The van der Waals surface area contributed by atoms with E-state index in [1.807, 2.05) is 22.9 Å². The molecule has 2 heterocycles. The second-order valence-electron chi connectivity index (χ2n) is 4.66. The Hall–Kier alpha value is -2.30. The lowest BCUT2D eigenvalue weighted by Gasteiger charge is -2.07. The molecule has 3 rings (SSSR count). The highest BCUT2D eigenvalue weighted by molar-refractivity contribution is 5.83. The van der Waals surface area contributed by atoms with Gasteiger partial charge in [-0.3, -0.25) is 0 Å². The maximum Gasteiger partial charge on any atom is 0.146 e. The van der Waals surface area contributed by atoms with Crippen molar-refractivity contribution >= 4 is 16.6 Å². The fraction of sp³-hybridized carbons (Fsp3) is 0.286. The van der Waals surface area contributed by atoms with Crippen LogP contribution < -0.4 is 5.73 Å². The molecule has 0 fully saturated rings. The number of fused-ring (bicyclic) bond motifs is 1. The number of benzene rings is 1. The van der Waals surface area contributed by atoms with Crippen molar-refractivity contribution in [2.24, 2.45) is 0 Å². The fourth-order valence-electron chi connectivity index (χ4n) is 2.32. The number of anilines is 1. The molecule has 0 radical (unpaired) electrons. The van der Waals surface area contributed by atoms with E-state index in [9.17, 15) is 0 Å². The number of aryl methyl sites for hydroxylation is 1. The van der Waals surface area contributed by atoms with Gasteiger partial charge in [0.15, 0.2) is 0 Å². The van der Waals surface area contributed by atoms with Gasteiger partial charge in [-0.15, -0.1) is 0 Å². The van der Waals surface area contributed by atoms with Gasteiger partial charge in [-0.2, -0.15) is 5.10 Å². The molecule has 5 nitrogen and oxygen atoms in total. The number of nitrogens with two attached hydrogens (primary N) is 1. The fourth-order valence-corrected chi connectivity index (χ4v) is 2.32. The van der Waals surface area contributed by atoms with Crippen LogP contribution in [0, 0.1) is 0 Å². The predicted octanol–water partition coefficient (Wildman–Crippen LogP) is 2.27. The maximum absolute atomic E-state index is 5.80. The summed E-state index contributed by atoms with van der Waals surface area (Å²) in [6, 6.07) is 8.04. The molecular weight excluding hydrogens is 238 g/mol.